The summed E-state index contributed by atoms with van der Waals surface area (Å²) in [6, 6.07) is 10.3. The second-order valence-electron chi connectivity index (χ2n) is 6.80. The summed E-state index contributed by atoms with van der Waals surface area (Å²) in [7, 11) is -3.51. The highest BCUT2D eigenvalue weighted by atomic mass is 35.5. The van der Waals surface area contributed by atoms with E-state index in [0.717, 1.165) is 12.8 Å². The Morgan fingerprint density at radius 3 is 2.43 bits per heavy atom. The molecule has 0 radical (unpaired) electrons. The Hall–Kier alpha value is -2.29. The average Bonchev–Trinajstić information content (AvgIpc) is 2.68. The van der Waals surface area contributed by atoms with Gasteiger partial charge in [0.05, 0.1) is 15.5 Å². The number of benzene rings is 2. The van der Waals surface area contributed by atoms with Gasteiger partial charge in [0.2, 0.25) is 10.0 Å². The lowest BCUT2D eigenvalue weighted by molar-refractivity contribution is -0.384. The van der Waals surface area contributed by atoms with Gasteiger partial charge >= 0.3 is 0 Å². The largest absolute Gasteiger partial charge is 0.270 e. The predicted molar refractivity (Wildman–Crippen MR) is 109 cm³/mol. The topological polar surface area (TPSA) is 92.9 Å². The quantitative estimate of drug-likeness (QED) is 0.405. The minimum atomic E-state index is -3.51. The van der Waals surface area contributed by atoms with Gasteiger partial charge in [0.25, 0.3) is 5.69 Å². The number of halogens is 1. The number of hydrogen-bond donors (Lipinski definition) is 0. The van der Waals surface area contributed by atoms with E-state index in [1.165, 1.54) is 40.9 Å². The highest BCUT2D eigenvalue weighted by Crippen LogP contribution is 2.25. The summed E-state index contributed by atoms with van der Waals surface area (Å²) < 4.78 is 27.0. The van der Waals surface area contributed by atoms with Crippen LogP contribution in [0.1, 0.15) is 25.3 Å². The maximum absolute atomic E-state index is 12.7. The van der Waals surface area contributed by atoms with Crippen LogP contribution in [0.15, 0.2) is 52.4 Å². The molecule has 0 spiro atoms. The number of nitrogens with zero attached hydrogens (tertiary/aromatic N) is 3. The second kappa shape index (κ2) is 8.38. The maximum Gasteiger partial charge on any atom is 0.270 e. The molecule has 0 bridgehead atoms. The number of piperidine rings is 1. The molecule has 7 nitrogen and oxygen atoms in total. The molecule has 1 aliphatic heterocycles. The molecule has 148 valence electrons. The highest BCUT2D eigenvalue weighted by Gasteiger charge is 2.27. The molecule has 0 amide bonds. The fourth-order valence-corrected chi connectivity index (χ4v) is 4.60. The Kier molecular flexibility index (Phi) is 6.12. The number of sulfonamides is 1. The number of rotatable bonds is 5. The van der Waals surface area contributed by atoms with Crippen molar-refractivity contribution in [3.8, 4) is 0 Å². The third-order valence-corrected chi connectivity index (χ3v) is 7.02. The maximum atomic E-state index is 12.7. The summed E-state index contributed by atoms with van der Waals surface area (Å²) in [5, 5.41) is 11.2. The van der Waals surface area contributed by atoms with Gasteiger partial charge in [-0.15, -0.1) is 0 Å². The van der Waals surface area contributed by atoms with Crippen LogP contribution < -0.4 is 0 Å². The number of nitro benzene ring substituents is 1. The summed E-state index contributed by atoms with van der Waals surface area (Å²) in [6.07, 6.45) is 3.15. The number of non-ortho nitro benzene ring substituents is 1. The van der Waals surface area contributed by atoms with Crippen LogP contribution in [0.25, 0.3) is 0 Å². The number of aliphatic imine (C=N–C) groups is 1. The van der Waals surface area contributed by atoms with Crippen LogP contribution in [0.2, 0.25) is 5.02 Å². The van der Waals surface area contributed by atoms with E-state index in [9.17, 15) is 18.5 Å². The molecule has 1 saturated heterocycles. The molecule has 1 fully saturated rings. The van der Waals surface area contributed by atoms with E-state index in [4.69, 9.17) is 11.6 Å². The molecule has 28 heavy (non-hydrogen) atoms. The van der Waals surface area contributed by atoms with Gasteiger partial charge in [-0.25, -0.2) is 8.42 Å². The Morgan fingerprint density at radius 1 is 1.18 bits per heavy atom. The van der Waals surface area contributed by atoms with E-state index in [2.05, 4.69) is 11.9 Å². The number of hydrogen-bond acceptors (Lipinski definition) is 5. The van der Waals surface area contributed by atoms with Crippen molar-refractivity contribution in [3.63, 3.8) is 0 Å². The van der Waals surface area contributed by atoms with Gasteiger partial charge in [-0.2, -0.15) is 4.31 Å². The standard InChI is InChI=1S/C19H20ClN3O4S/c1-14-8-10-22(11-9-14)28(26,27)18-5-2-16(3-6-18)21-13-15-12-17(23(24)25)4-7-19(15)20/h2-7,12-14H,8-11H2,1H3. The lowest BCUT2D eigenvalue weighted by Gasteiger charge is -2.29. The van der Waals surface area contributed by atoms with Crippen LogP contribution in [-0.2, 0) is 10.0 Å². The molecule has 0 unspecified atom stereocenters. The van der Waals surface area contributed by atoms with Crippen LogP contribution in [-0.4, -0.2) is 37.0 Å². The summed E-state index contributed by atoms with van der Waals surface area (Å²) >= 11 is 6.05. The van der Waals surface area contributed by atoms with Gasteiger partial charge in [-0.1, -0.05) is 18.5 Å². The average molecular weight is 422 g/mol. The molecular weight excluding hydrogens is 402 g/mol. The zero-order valence-electron chi connectivity index (χ0n) is 15.3. The van der Waals surface area contributed by atoms with Crippen molar-refractivity contribution in [2.75, 3.05) is 13.1 Å². The fourth-order valence-electron chi connectivity index (χ4n) is 2.97. The smallest absolute Gasteiger partial charge is 0.258 e. The molecule has 9 heteroatoms. The molecule has 0 atom stereocenters. The van der Waals surface area contributed by atoms with E-state index in [1.807, 2.05) is 0 Å². The van der Waals surface area contributed by atoms with Crippen LogP contribution in [0.5, 0.6) is 0 Å². The van der Waals surface area contributed by atoms with Crippen LogP contribution in [0.3, 0.4) is 0 Å². The lowest BCUT2D eigenvalue weighted by atomic mass is 10.0. The molecule has 0 N–H and O–H groups in total. The van der Waals surface area contributed by atoms with E-state index >= 15 is 0 Å². The Bertz CT molecular complexity index is 998. The van der Waals surface area contributed by atoms with Crippen molar-refractivity contribution in [1.82, 2.24) is 4.31 Å². The van der Waals surface area contributed by atoms with Crippen molar-refractivity contribution in [2.45, 2.75) is 24.7 Å². The normalized spacial score (nSPS) is 16.5. The van der Waals surface area contributed by atoms with E-state index in [-0.39, 0.29) is 10.6 Å². The predicted octanol–water partition coefficient (Wildman–Crippen LogP) is 4.42. The highest BCUT2D eigenvalue weighted by molar-refractivity contribution is 7.89. The summed E-state index contributed by atoms with van der Waals surface area (Å²) in [5.74, 6) is 0.545. The van der Waals surface area contributed by atoms with Gasteiger partial charge in [-0.05, 0) is 49.1 Å². The summed E-state index contributed by atoms with van der Waals surface area (Å²) in [6.45, 7) is 3.20. The number of nitro groups is 1. The Labute approximate surface area is 168 Å². The molecule has 0 saturated carbocycles. The summed E-state index contributed by atoms with van der Waals surface area (Å²) in [5.41, 5.74) is 0.854. The Morgan fingerprint density at radius 2 is 1.82 bits per heavy atom. The zero-order chi connectivity index (χ0) is 20.3. The van der Waals surface area contributed by atoms with Crippen LogP contribution in [0.4, 0.5) is 11.4 Å². The van der Waals surface area contributed by atoms with Crippen molar-refractivity contribution in [3.05, 3.63) is 63.2 Å². The molecule has 1 heterocycles. The van der Waals surface area contributed by atoms with Crippen molar-refractivity contribution in [2.24, 2.45) is 10.9 Å². The van der Waals surface area contributed by atoms with Crippen LogP contribution in [0, 0.1) is 16.0 Å². The van der Waals surface area contributed by atoms with E-state index in [1.54, 1.807) is 12.1 Å². The molecule has 2 aromatic carbocycles. The van der Waals surface area contributed by atoms with Crippen molar-refractivity contribution in [1.29, 1.82) is 0 Å². The second-order valence-corrected chi connectivity index (χ2v) is 9.15. The monoisotopic (exact) mass is 421 g/mol. The SMILES string of the molecule is CC1CCN(S(=O)(=O)c2ccc(N=Cc3cc([N+](=O)[O-])ccc3Cl)cc2)CC1. The van der Waals surface area contributed by atoms with Crippen molar-refractivity contribution < 1.29 is 13.3 Å². The van der Waals surface area contributed by atoms with Gasteiger partial charge in [0, 0.05) is 42.0 Å². The first kappa shape index (κ1) is 20.4. The van der Waals surface area contributed by atoms with Gasteiger partial charge < -0.3 is 0 Å². The molecule has 0 aromatic heterocycles. The lowest BCUT2D eigenvalue weighted by Crippen LogP contribution is -2.37. The van der Waals surface area contributed by atoms with Gasteiger partial charge in [0.15, 0.2) is 0 Å². The van der Waals surface area contributed by atoms with Crippen molar-refractivity contribution >= 4 is 39.2 Å². The molecule has 1 aliphatic rings. The first-order chi connectivity index (χ1) is 13.3. The minimum absolute atomic E-state index is 0.0804. The van der Waals surface area contributed by atoms with Crippen LogP contribution >= 0.6 is 11.6 Å². The first-order valence-corrected chi connectivity index (χ1v) is 10.7. The van der Waals surface area contributed by atoms with E-state index < -0.39 is 14.9 Å². The van der Waals surface area contributed by atoms with Gasteiger partial charge in [-0.3, -0.25) is 15.1 Å². The summed E-state index contributed by atoms with van der Waals surface area (Å²) in [4.78, 5) is 14.8. The molecule has 2 aromatic rings. The fraction of sp³-hybridized carbons (Fsp3) is 0.316. The third-order valence-electron chi connectivity index (χ3n) is 4.76. The molecular formula is C19H20ClN3O4S. The molecule has 3 rings (SSSR count). The Balaban J connectivity index is 1.77. The third kappa shape index (κ3) is 4.57. The van der Waals surface area contributed by atoms with Gasteiger partial charge in [0.1, 0.15) is 0 Å². The molecule has 0 aliphatic carbocycles. The van der Waals surface area contributed by atoms with E-state index in [0.29, 0.717) is 35.3 Å². The zero-order valence-corrected chi connectivity index (χ0v) is 16.9. The first-order valence-electron chi connectivity index (χ1n) is 8.85. The minimum Gasteiger partial charge on any atom is -0.258 e.